The summed E-state index contributed by atoms with van der Waals surface area (Å²) in [6, 6.07) is 2.19. The van der Waals surface area contributed by atoms with Gasteiger partial charge in [-0.25, -0.2) is 17.5 Å². The van der Waals surface area contributed by atoms with Crippen molar-refractivity contribution < 1.29 is 12.8 Å². The maximum Gasteiger partial charge on any atom is 0.241 e. The number of halogens is 2. The van der Waals surface area contributed by atoms with Crippen molar-refractivity contribution in [2.45, 2.75) is 32.6 Å². The van der Waals surface area contributed by atoms with Crippen LogP contribution in [0, 0.1) is 23.6 Å². The maximum atomic E-state index is 13.3. The normalized spacial score (nSPS) is 12.6. The van der Waals surface area contributed by atoms with E-state index in [9.17, 15) is 12.8 Å². The van der Waals surface area contributed by atoms with Gasteiger partial charge in [-0.1, -0.05) is 27.7 Å². The summed E-state index contributed by atoms with van der Waals surface area (Å²) in [5, 5.41) is 0. The third-order valence-electron chi connectivity index (χ3n) is 3.56. The van der Waals surface area contributed by atoms with Crippen LogP contribution in [0.1, 0.15) is 27.7 Å². The Hall–Kier alpha value is -0.660. The Balaban J connectivity index is 3.00. The minimum Gasteiger partial charge on any atom is -0.396 e. The lowest BCUT2D eigenvalue weighted by Crippen LogP contribution is -2.34. The lowest BCUT2D eigenvalue weighted by atomic mass is 9.86. The second kappa shape index (κ2) is 7.07. The van der Waals surface area contributed by atoms with E-state index >= 15 is 0 Å². The van der Waals surface area contributed by atoms with Crippen molar-refractivity contribution in [1.82, 2.24) is 4.72 Å². The zero-order valence-corrected chi connectivity index (χ0v) is 15.1. The van der Waals surface area contributed by atoms with Gasteiger partial charge in [0, 0.05) is 11.0 Å². The summed E-state index contributed by atoms with van der Waals surface area (Å²) in [5.41, 5.74) is 5.26. The molecule has 0 aliphatic rings. The van der Waals surface area contributed by atoms with E-state index in [4.69, 9.17) is 5.73 Å². The molecule has 0 amide bonds. The lowest BCUT2D eigenvalue weighted by molar-refractivity contribution is 0.289. The lowest BCUT2D eigenvalue weighted by Gasteiger charge is -2.25. The first-order chi connectivity index (χ1) is 9.56. The molecule has 0 spiro atoms. The second-order valence-corrected chi connectivity index (χ2v) is 8.40. The first-order valence-electron chi connectivity index (χ1n) is 6.80. The average molecular weight is 381 g/mol. The zero-order chi connectivity index (χ0) is 16.4. The Morgan fingerprint density at radius 1 is 1.24 bits per heavy atom. The number of nitrogens with one attached hydrogen (secondary N) is 1. The molecule has 0 bridgehead atoms. The van der Waals surface area contributed by atoms with Gasteiger partial charge in [-0.15, -0.1) is 0 Å². The number of hydrogen-bond donors (Lipinski definition) is 2. The molecule has 0 aliphatic heterocycles. The van der Waals surface area contributed by atoms with Crippen molar-refractivity contribution in [3.8, 4) is 0 Å². The molecule has 0 heterocycles. The predicted molar refractivity (Wildman–Crippen MR) is 86.9 cm³/mol. The van der Waals surface area contributed by atoms with Crippen LogP contribution in [0.15, 0.2) is 21.5 Å². The SMILES string of the molecule is CC(C)C(CNS(=O)(=O)c1cc(N)c(F)cc1Br)C(C)C. The Bertz CT molecular complexity index is 595. The number of nitrogen functional groups attached to an aromatic ring is 1. The van der Waals surface area contributed by atoms with Gasteiger partial charge in [0.25, 0.3) is 0 Å². The monoisotopic (exact) mass is 380 g/mol. The van der Waals surface area contributed by atoms with E-state index in [1.807, 2.05) is 0 Å². The van der Waals surface area contributed by atoms with E-state index in [0.717, 1.165) is 12.1 Å². The largest absolute Gasteiger partial charge is 0.396 e. The fourth-order valence-electron chi connectivity index (χ4n) is 2.28. The van der Waals surface area contributed by atoms with Gasteiger partial charge in [0.2, 0.25) is 10.0 Å². The summed E-state index contributed by atoms with van der Waals surface area (Å²) < 4.78 is 40.7. The zero-order valence-electron chi connectivity index (χ0n) is 12.7. The van der Waals surface area contributed by atoms with Crippen molar-refractivity contribution in [2.24, 2.45) is 17.8 Å². The van der Waals surface area contributed by atoms with Crippen LogP contribution < -0.4 is 10.5 Å². The number of benzene rings is 1. The van der Waals surface area contributed by atoms with E-state index in [-0.39, 0.29) is 21.0 Å². The Labute approximate surface area is 134 Å². The highest BCUT2D eigenvalue weighted by Crippen LogP contribution is 2.27. The van der Waals surface area contributed by atoms with E-state index in [1.54, 1.807) is 0 Å². The van der Waals surface area contributed by atoms with Crippen LogP contribution in [-0.2, 0) is 10.0 Å². The summed E-state index contributed by atoms with van der Waals surface area (Å²) in [6.45, 7) is 8.58. The fraction of sp³-hybridized carbons (Fsp3) is 0.571. The molecular weight excluding hydrogens is 359 g/mol. The molecule has 0 fully saturated rings. The van der Waals surface area contributed by atoms with Crippen LogP contribution >= 0.6 is 15.9 Å². The average Bonchev–Trinajstić information content (AvgIpc) is 2.32. The topological polar surface area (TPSA) is 72.2 Å². The van der Waals surface area contributed by atoms with Gasteiger partial charge >= 0.3 is 0 Å². The van der Waals surface area contributed by atoms with Crippen molar-refractivity contribution in [3.63, 3.8) is 0 Å². The van der Waals surface area contributed by atoms with Crippen LogP contribution in [-0.4, -0.2) is 15.0 Å². The number of nitrogens with two attached hydrogens (primary N) is 1. The molecule has 1 aromatic carbocycles. The highest BCUT2D eigenvalue weighted by Gasteiger charge is 2.23. The van der Waals surface area contributed by atoms with E-state index in [0.29, 0.717) is 18.4 Å². The molecule has 0 aliphatic carbocycles. The molecule has 0 unspecified atom stereocenters. The predicted octanol–water partition coefficient (Wildman–Crippen LogP) is 3.38. The Morgan fingerprint density at radius 2 is 1.76 bits per heavy atom. The van der Waals surface area contributed by atoms with Gasteiger partial charge in [-0.3, -0.25) is 0 Å². The molecule has 7 heteroatoms. The molecule has 120 valence electrons. The van der Waals surface area contributed by atoms with Crippen LogP contribution in [0.4, 0.5) is 10.1 Å². The minimum absolute atomic E-state index is 0.0485. The van der Waals surface area contributed by atoms with Crippen LogP contribution in [0.5, 0.6) is 0 Å². The molecule has 4 nitrogen and oxygen atoms in total. The molecule has 21 heavy (non-hydrogen) atoms. The third-order valence-corrected chi connectivity index (χ3v) is 5.94. The van der Waals surface area contributed by atoms with Crippen molar-refractivity contribution in [2.75, 3.05) is 12.3 Å². The van der Waals surface area contributed by atoms with E-state index in [2.05, 4.69) is 48.3 Å². The molecule has 1 rings (SSSR count). The smallest absolute Gasteiger partial charge is 0.241 e. The van der Waals surface area contributed by atoms with Gasteiger partial charge in [-0.2, -0.15) is 0 Å². The van der Waals surface area contributed by atoms with Gasteiger partial charge in [0.15, 0.2) is 0 Å². The molecule has 0 saturated carbocycles. The second-order valence-electron chi connectivity index (χ2n) is 5.81. The Morgan fingerprint density at radius 3 is 2.24 bits per heavy atom. The molecule has 0 atom stereocenters. The van der Waals surface area contributed by atoms with Crippen LogP contribution in [0.3, 0.4) is 0 Å². The van der Waals surface area contributed by atoms with Crippen LogP contribution in [0.2, 0.25) is 0 Å². The number of rotatable bonds is 6. The highest BCUT2D eigenvalue weighted by atomic mass is 79.9. The van der Waals surface area contributed by atoms with Gasteiger partial charge < -0.3 is 5.73 Å². The minimum atomic E-state index is -3.74. The molecule has 1 aromatic rings. The molecular formula is C14H22BrFN2O2S. The summed E-state index contributed by atoms with van der Waals surface area (Å²) in [6.07, 6.45) is 0. The quantitative estimate of drug-likeness (QED) is 0.742. The van der Waals surface area contributed by atoms with Crippen molar-refractivity contribution in [3.05, 3.63) is 22.4 Å². The number of sulfonamides is 1. The van der Waals surface area contributed by atoms with Crippen molar-refractivity contribution >= 4 is 31.6 Å². The first-order valence-corrected chi connectivity index (χ1v) is 9.08. The summed E-state index contributed by atoms with van der Waals surface area (Å²) in [7, 11) is -3.74. The summed E-state index contributed by atoms with van der Waals surface area (Å²) >= 11 is 3.07. The maximum absolute atomic E-state index is 13.3. The molecule has 0 radical (unpaired) electrons. The molecule has 3 N–H and O–H groups in total. The first kappa shape index (κ1) is 18.4. The summed E-state index contributed by atoms with van der Waals surface area (Å²) in [5.74, 6) is 0.281. The summed E-state index contributed by atoms with van der Waals surface area (Å²) in [4.78, 5) is -0.0485. The highest BCUT2D eigenvalue weighted by molar-refractivity contribution is 9.10. The third kappa shape index (κ3) is 4.66. The molecule has 0 aromatic heterocycles. The Kier molecular flexibility index (Phi) is 6.19. The number of anilines is 1. The van der Waals surface area contributed by atoms with Gasteiger partial charge in [-0.05, 0) is 45.8 Å². The van der Waals surface area contributed by atoms with Gasteiger partial charge in [0.1, 0.15) is 5.82 Å². The van der Waals surface area contributed by atoms with E-state index < -0.39 is 15.8 Å². The van der Waals surface area contributed by atoms with Gasteiger partial charge in [0.05, 0.1) is 10.6 Å². The van der Waals surface area contributed by atoms with E-state index in [1.165, 1.54) is 0 Å². The fourth-order valence-corrected chi connectivity index (χ4v) is 4.40. The van der Waals surface area contributed by atoms with Crippen LogP contribution in [0.25, 0.3) is 0 Å². The molecule has 0 saturated heterocycles. The van der Waals surface area contributed by atoms with Crippen molar-refractivity contribution in [1.29, 1.82) is 0 Å². The standard InChI is InChI=1S/C14H22BrFN2O2S/c1-8(2)10(9(3)4)7-18-21(19,20)14-6-13(17)12(16)5-11(14)15/h5-6,8-10,18H,7,17H2,1-4H3. The number of hydrogen-bond acceptors (Lipinski definition) is 3.